The zero-order chi connectivity index (χ0) is 14.8. The van der Waals surface area contributed by atoms with E-state index in [0.29, 0.717) is 11.6 Å². The molecule has 0 radical (unpaired) electrons. The third kappa shape index (κ3) is 2.70. The fraction of sp³-hybridized carbons (Fsp3) is 0.188. The average Bonchev–Trinajstić information content (AvgIpc) is 2.51. The zero-order valence-corrected chi connectivity index (χ0v) is 13.8. The first-order valence-corrected chi connectivity index (χ1v) is 7.94. The topological polar surface area (TPSA) is 64.7 Å². The summed E-state index contributed by atoms with van der Waals surface area (Å²) >= 11 is 2.22. The first-order chi connectivity index (χ1) is 10.2. The molecule has 4 nitrogen and oxygen atoms in total. The molecule has 0 aliphatic rings. The van der Waals surface area contributed by atoms with Crippen molar-refractivity contribution in [1.82, 2.24) is 15.0 Å². The van der Waals surface area contributed by atoms with Crippen molar-refractivity contribution in [3.8, 4) is 11.4 Å². The van der Waals surface area contributed by atoms with E-state index in [0.717, 1.165) is 38.6 Å². The maximum atomic E-state index is 6.06. The number of hydrogen-bond acceptors (Lipinski definition) is 4. The molecular weight excluding hydrogens is 375 g/mol. The van der Waals surface area contributed by atoms with Crippen LogP contribution >= 0.6 is 22.6 Å². The van der Waals surface area contributed by atoms with Crippen LogP contribution in [0.5, 0.6) is 0 Å². The lowest BCUT2D eigenvalue weighted by Crippen LogP contribution is -2.05. The molecule has 0 spiro atoms. The number of anilines is 1. The molecule has 0 bridgehead atoms. The Morgan fingerprint density at radius 1 is 1.14 bits per heavy atom. The number of aryl methyl sites for hydroxylation is 1. The summed E-state index contributed by atoms with van der Waals surface area (Å²) in [6, 6.07) is 9.94. The van der Waals surface area contributed by atoms with Gasteiger partial charge < -0.3 is 5.73 Å². The zero-order valence-electron chi connectivity index (χ0n) is 11.7. The maximum absolute atomic E-state index is 6.06. The normalized spacial score (nSPS) is 11.0. The van der Waals surface area contributed by atoms with Crippen LogP contribution in [-0.2, 0) is 6.42 Å². The van der Waals surface area contributed by atoms with E-state index >= 15 is 0 Å². The first kappa shape index (κ1) is 14.2. The van der Waals surface area contributed by atoms with Gasteiger partial charge in [-0.25, -0.2) is 9.97 Å². The van der Waals surface area contributed by atoms with Gasteiger partial charge in [-0.3, -0.25) is 4.98 Å². The lowest BCUT2D eigenvalue weighted by Gasteiger charge is -2.10. The maximum Gasteiger partial charge on any atom is 0.162 e. The Morgan fingerprint density at radius 3 is 2.76 bits per heavy atom. The van der Waals surface area contributed by atoms with E-state index < -0.39 is 0 Å². The van der Waals surface area contributed by atoms with Crippen LogP contribution in [0, 0.1) is 3.57 Å². The number of halogens is 1. The quantitative estimate of drug-likeness (QED) is 0.691. The molecule has 3 rings (SSSR count). The Kier molecular flexibility index (Phi) is 4.01. The van der Waals surface area contributed by atoms with E-state index in [9.17, 15) is 0 Å². The molecule has 5 heteroatoms. The van der Waals surface area contributed by atoms with Crippen LogP contribution in [0.4, 0.5) is 5.82 Å². The molecule has 0 aliphatic carbocycles. The van der Waals surface area contributed by atoms with Gasteiger partial charge >= 0.3 is 0 Å². The van der Waals surface area contributed by atoms with E-state index in [1.165, 1.54) is 0 Å². The van der Waals surface area contributed by atoms with Crippen LogP contribution in [0.3, 0.4) is 0 Å². The molecule has 106 valence electrons. The van der Waals surface area contributed by atoms with Gasteiger partial charge in [-0.05, 0) is 41.1 Å². The predicted octanol–water partition coefficient (Wildman–Crippen LogP) is 3.83. The Hall–Kier alpha value is -1.76. The second-order valence-corrected chi connectivity index (χ2v) is 5.90. The van der Waals surface area contributed by atoms with Gasteiger partial charge in [-0.15, -0.1) is 0 Å². The van der Waals surface area contributed by atoms with E-state index in [2.05, 4.69) is 39.5 Å². The minimum Gasteiger partial charge on any atom is -0.383 e. The lowest BCUT2D eigenvalue weighted by atomic mass is 10.1. The fourth-order valence-corrected chi connectivity index (χ4v) is 2.84. The van der Waals surface area contributed by atoms with Crippen LogP contribution in [0.1, 0.15) is 19.0 Å². The number of nitrogens with two attached hydrogens (primary N) is 1. The number of nitrogens with zero attached hydrogens (tertiary/aromatic N) is 3. The molecule has 1 aromatic carbocycles. The van der Waals surface area contributed by atoms with Crippen molar-refractivity contribution in [3.05, 3.63) is 45.8 Å². The van der Waals surface area contributed by atoms with Crippen molar-refractivity contribution in [1.29, 1.82) is 0 Å². The number of fused-ring (bicyclic) bond motifs is 1. The monoisotopic (exact) mass is 390 g/mol. The van der Waals surface area contributed by atoms with Gasteiger partial charge in [0.2, 0.25) is 0 Å². The second kappa shape index (κ2) is 5.93. The van der Waals surface area contributed by atoms with Crippen molar-refractivity contribution in [2.75, 3.05) is 5.73 Å². The highest BCUT2D eigenvalue weighted by Crippen LogP contribution is 2.27. The number of nitrogen functional groups attached to an aromatic ring is 1. The standard InChI is InChI=1S/C16H15IN4/c1-2-5-13-14(17)15(18)21-16(20-13)11-8-9-19-12-7-4-3-6-10(11)12/h3-4,6-9H,2,5H2,1H3,(H2,18,20,21). The minimum absolute atomic E-state index is 0.546. The summed E-state index contributed by atoms with van der Waals surface area (Å²) in [7, 11) is 0. The van der Waals surface area contributed by atoms with Gasteiger partial charge in [-0.1, -0.05) is 31.5 Å². The molecule has 0 saturated heterocycles. The number of benzene rings is 1. The van der Waals surface area contributed by atoms with Gasteiger partial charge in [0, 0.05) is 17.1 Å². The van der Waals surface area contributed by atoms with Crippen molar-refractivity contribution in [2.24, 2.45) is 0 Å². The molecule has 0 saturated carbocycles. The lowest BCUT2D eigenvalue weighted by molar-refractivity contribution is 0.869. The van der Waals surface area contributed by atoms with Gasteiger partial charge in [0.1, 0.15) is 5.82 Å². The van der Waals surface area contributed by atoms with Crippen LogP contribution in [0.2, 0.25) is 0 Å². The minimum atomic E-state index is 0.546. The SMILES string of the molecule is CCCc1nc(-c2ccnc3ccccc23)nc(N)c1I. The Morgan fingerprint density at radius 2 is 1.95 bits per heavy atom. The van der Waals surface area contributed by atoms with Gasteiger partial charge in [-0.2, -0.15) is 0 Å². The van der Waals surface area contributed by atoms with Crippen LogP contribution in [0.15, 0.2) is 36.5 Å². The van der Waals surface area contributed by atoms with Gasteiger partial charge in [0.15, 0.2) is 5.82 Å². The molecule has 3 aromatic rings. The van der Waals surface area contributed by atoms with Gasteiger partial charge in [0.05, 0.1) is 14.8 Å². The highest BCUT2D eigenvalue weighted by atomic mass is 127. The third-order valence-corrected chi connectivity index (χ3v) is 4.50. The average molecular weight is 390 g/mol. The van der Waals surface area contributed by atoms with Crippen LogP contribution < -0.4 is 5.73 Å². The highest BCUT2D eigenvalue weighted by Gasteiger charge is 2.13. The molecule has 0 amide bonds. The summed E-state index contributed by atoms with van der Waals surface area (Å²) in [6.07, 6.45) is 3.72. The summed E-state index contributed by atoms with van der Waals surface area (Å²) in [5.41, 5.74) is 8.99. The van der Waals surface area contributed by atoms with E-state index in [4.69, 9.17) is 10.7 Å². The first-order valence-electron chi connectivity index (χ1n) is 6.86. The fourth-order valence-electron chi connectivity index (χ4n) is 2.33. The summed E-state index contributed by atoms with van der Waals surface area (Å²) in [5.74, 6) is 1.22. The van der Waals surface area contributed by atoms with Crippen molar-refractivity contribution in [2.45, 2.75) is 19.8 Å². The van der Waals surface area contributed by atoms with E-state index in [-0.39, 0.29) is 0 Å². The Labute approximate surface area is 137 Å². The molecule has 0 fully saturated rings. The van der Waals surface area contributed by atoms with E-state index in [1.807, 2.05) is 30.3 Å². The largest absolute Gasteiger partial charge is 0.383 e. The number of hydrogen-bond donors (Lipinski definition) is 1. The summed E-state index contributed by atoms with van der Waals surface area (Å²) in [5, 5.41) is 1.04. The predicted molar refractivity (Wildman–Crippen MR) is 93.9 cm³/mol. The van der Waals surface area contributed by atoms with Crippen LogP contribution in [0.25, 0.3) is 22.3 Å². The highest BCUT2D eigenvalue weighted by molar-refractivity contribution is 14.1. The Bertz CT molecular complexity index is 796. The van der Waals surface area contributed by atoms with Crippen molar-refractivity contribution >= 4 is 39.3 Å². The summed E-state index contributed by atoms with van der Waals surface area (Å²) in [6.45, 7) is 2.13. The number of rotatable bonds is 3. The van der Waals surface area contributed by atoms with Gasteiger partial charge in [0.25, 0.3) is 0 Å². The van der Waals surface area contributed by atoms with Crippen LogP contribution in [-0.4, -0.2) is 15.0 Å². The third-order valence-electron chi connectivity index (χ3n) is 3.32. The Balaban J connectivity index is 2.23. The summed E-state index contributed by atoms with van der Waals surface area (Å²) < 4.78 is 0.955. The smallest absolute Gasteiger partial charge is 0.162 e. The number of aromatic nitrogens is 3. The second-order valence-electron chi connectivity index (χ2n) is 4.82. The molecule has 0 aliphatic heterocycles. The molecule has 2 N–H and O–H groups in total. The molecule has 0 unspecified atom stereocenters. The number of para-hydroxylation sites is 1. The number of pyridine rings is 1. The molecule has 2 heterocycles. The van der Waals surface area contributed by atoms with Crippen molar-refractivity contribution in [3.63, 3.8) is 0 Å². The molecular formula is C16H15IN4. The van der Waals surface area contributed by atoms with Crippen molar-refractivity contribution < 1.29 is 0 Å². The molecule has 2 aromatic heterocycles. The molecule has 21 heavy (non-hydrogen) atoms. The molecule has 0 atom stereocenters. The summed E-state index contributed by atoms with van der Waals surface area (Å²) in [4.78, 5) is 13.6. The van der Waals surface area contributed by atoms with E-state index in [1.54, 1.807) is 6.20 Å².